The molecule has 0 spiro atoms. The normalized spacial score (nSPS) is 18.4. The molecule has 94 valence electrons. The van der Waals surface area contributed by atoms with Gasteiger partial charge in [-0.2, -0.15) is 4.31 Å². The molecule has 6 nitrogen and oxygen atoms in total. The SMILES string of the molecule is Cc1nccc(N2CCN(S(C)(=O)=O)CC2)n1. The van der Waals surface area contributed by atoms with Crippen LogP contribution in [0.3, 0.4) is 0 Å². The first kappa shape index (κ1) is 12.3. The second-order valence-corrected chi connectivity index (χ2v) is 6.09. The van der Waals surface area contributed by atoms with Crippen LogP contribution in [0.5, 0.6) is 0 Å². The van der Waals surface area contributed by atoms with Crippen LogP contribution in [0.2, 0.25) is 0 Å². The maximum absolute atomic E-state index is 11.4. The molecule has 17 heavy (non-hydrogen) atoms. The van der Waals surface area contributed by atoms with Gasteiger partial charge in [-0.05, 0) is 13.0 Å². The lowest BCUT2D eigenvalue weighted by Gasteiger charge is -2.33. The Morgan fingerprint density at radius 2 is 1.88 bits per heavy atom. The zero-order valence-corrected chi connectivity index (χ0v) is 10.8. The number of hydrogen-bond donors (Lipinski definition) is 0. The first-order valence-electron chi connectivity index (χ1n) is 5.46. The molecule has 1 aliphatic rings. The Morgan fingerprint density at radius 3 is 2.41 bits per heavy atom. The number of hydrogen-bond acceptors (Lipinski definition) is 5. The first-order chi connectivity index (χ1) is 7.97. The number of rotatable bonds is 2. The lowest BCUT2D eigenvalue weighted by molar-refractivity contribution is 0.387. The van der Waals surface area contributed by atoms with E-state index in [-0.39, 0.29) is 0 Å². The Bertz CT molecular complexity index is 495. The zero-order valence-electron chi connectivity index (χ0n) is 10.00. The molecule has 0 radical (unpaired) electrons. The van der Waals surface area contributed by atoms with Gasteiger partial charge in [0.15, 0.2) is 0 Å². The van der Waals surface area contributed by atoms with E-state index < -0.39 is 10.0 Å². The molecule has 0 bridgehead atoms. The van der Waals surface area contributed by atoms with Crippen molar-refractivity contribution in [3.8, 4) is 0 Å². The summed E-state index contributed by atoms with van der Waals surface area (Å²) >= 11 is 0. The van der Waals surface area contributed by atoms with Crippen molar-refractivity contribution in [2.24, 2.45) is 0 Å². The lowest BCUT2D eigenvalue weighted by atomic mass is 10.3. The van der Waals surface area contributed by atoms with Gasteiger partial charge in [0.05, 0.1) is 6.26 Å². The third-order valence-electron chi connectivity index (χ3n) is 2.79. The van der Waals surface area contributed by atoms with Gasteiger partial charge >= 0.3 is 0 Å². The van der Waals surface area contributed by atoms with E-state index in [0.29, 0.717) is 26.2 Å². The molecule has 1 aliphatic heterocycles. The van der Waals surface area contributed by atoms with Crippen molar-refractivity contribution < 1.29 is 8.42 Å². The van der Waals surface area contributed by atoms with Crippen LogP contribution < -0.4 is 4.90 Å². The second-order valence-electron chi connectivity index (χ2n) is 4.11. The number of aryl methyl sites for hydroxylation is 1. The predicted molar refractivity (Wildman–Crippen MR) is 65.4 cm³/mol. The van der Waals surface area contributed by atoms with Crippen molar-refractivity contribution in [2.45, 2.75) is 6.92 Å². The minimum Gasteiger partial charge on any atom is -0.354 e. The van der Waals surface area contributed by atoms with Crippen LogP contribution >= 0.6 is 0 Å². The van der Waals surface area contributed by atoms with E-state index in [1.54, 1.807) is 6.20 Å². The van der Waals surface area contributed by atoms with Gasteiger partial charge in [0.2, 0.25) is 10.0 Å². The highest BCUT2D eigenvalue weighted by molar-refractivity contribution is 7.88. The molecule has 2 rings (SSSR count). The third kappa shape index (κ3) is 2.92. The molecule has 0 saturated carbocycles. The quantitative estimate of drug-likeness (QED) is 0.737. The average Bonchev–Trinajstić information content (AvgIpc) is 2.28. The van der Waals surface area contributed by atoms with E-state index in [4.69, 9.17) is 0 Å². The van der Waals surface area contributed by atoms with E-state index in [1.165, 1.54) is 10.6 Å². The third-order valence-corrected chi connectivity index (χ3v) is 4.10. The van der Waals surface area contributed by atoms with Gasteiger partial charge < -0.3 is 4.90 Å². The minimum atomic E-state index is -3.07. The summed E-state index contributed by atoms with van der Waals surface area (Å²) < 4.78 is 24.2. The first-order valence-corrected chi connectivity index (χ1v) is 7.31. The zero-order chi connectivity index (χ0) is 12.5. The molecule has 1 aromatic rings. The molecule has 1 saturated heterocycles. The Labute approximate surface area is 101 Å². The van der Waals surface area contributed by atoms with Gasteiger partial charge in [-0.3, -0.25) is 0 Å². The number of piperazine rings is 1. The van der Waals surface area contributed by atoms with Gasteiger partial charge in [-0.1, -0.05) is 0 Å². The molecule has 0 N–H and O–H groups in total. The molecule has 0 aliphatic carbocycles. The van der Waals surface area contributed by atoms with Crippen molar-refractivity contribution in [2.75, 3.05) is 37.3 Å². The largest absolute Gasteiger partial charge is 0.354 e. The van der Waals surface area contributed by atoms with Crippen LogP contribution in [0.4, 0.5) is 5.82 Å². The van der Waals surface area contributed by atoms with Crippen LogP contribution in [0, 0.1) is 6.92 Å². The molecular weight excluding hydrogens is 240 g/mol. The topological polar surface area (TPSA) is 66.4 Å². The lowest BCUT2D eigenvalue weighted by Crippen LogP contribution is -2.48. The molecule has 0 aromatic carbocycles. The molecule has 0 atom stereocenters. The van der Waals surface area contributed by atoms with E-state index in [1.807, 2.05) is 13.0 Å². The highest BCUT2D eigenvalue weighted by atomic mass is 32.2. The predicted octanol–water partition coefficient (Wildman–Crippen LogP) is -0.133. The summed E-state index contributed by atoms with van der Waals surface area (Å²) in [6.45, 7) is 4.22. The summed E-state index contributed by atoms with van der Waals surface area (Å²) in [5.41, 5.74) is 0. The van der Waals surface area contributed by atoms with Crippen molar-refractivity contribution >= 4 is 15.8 Å². The molecule has 1 aromatic heterocycles. The Hall–Kier alpha value is -1.21. The molecule has 0 amide bonds. The van der Waals surface area contributed by atoms with E-state index in [9.17, 15) is 8.42 Å². The van der Waals surface area contributed by atoms with Gasteiger partial charge in [-0.15, -0.1) is 0 Å². The maximum Gasteiger partial charge on any atom is 0.211 e. The fourth-order valence-electron chi connectivity index (χ4n) is 1.87. The van der Waals surface area contributed by atoms with Gasteiger partial charge in [0, 0.05) is 32.4 Å². The Balaban J connectivity index is 2.05. The summed E-state index contributed by atoms with van der Waals surface area (Å²) in [4.78, 5) is 10.5. The molecule has 7 heteroatoms. The second kappa shape index (κ2) is 4.58. The van der Waals surface area contributed by atoms with E-state index >= 15 is 0 Å². The van der Waals surface area contributed by atoms with Crippen molar-refractivity contribution in [1.82, 2.24) is 14.3 Å². The van der Waals surface area contributed by atoms with Crippen LogP contribution in [-0.2, 0) is 10.0 Å². The van der Waals surface area contributed by atoms with E-state index in [0.717, 1.165) is 11.6 Å². The van der Waals surface area contributed by atoms with Gasteiger partial charge in [-0.25, -0.2) is 18.4 Å². The number of nitrogens with zero attached hydrogens (tertiary/aromatic N) is 4. The fraction of sp³-hybridized carbons (Fsp3) is 0.600. The van der Waals surface area contributed by atoms with Gasteiger partial charge in [0.25, 0.3) is 0 Å². The summed E-state index contributed by atoms with van der Waals surface area (Å²) in [7, 11) is -3.07. The Morgan fingerprint density at radius 1 is 1.24 bits per heavy atom. The van der Waals surface area contributed by atoms with Crippen LogP contribution in [0.15, 0.2) is 12.3 Å². The Kier molecular flexibility index (Phi) is 3.30. The van der Waals surface area contributed by atoms with E-state index in [2.05, 4.69) is 14.9 Å². The molecule has 0 unspecified atom stereocenters. The minimum absolute atomic E-state index is 0.516. The average molecular weight is 256 g/mol. The smallest absolute Gasteiger partial charge is 0.211 e. The molecule has 1 fully saturated rings. The maximum atomic E-state index is 11.4. The standard InChI is InChI=1S/C10H16N4O2S/c1-9-11-4-3-10(12-9)13-5-7-14(8-6-13)17(2,15)16/h3-4H,5-8H2,1-2H3. The van der Waals surface area contributed by atoms with Crippen molar-refractivity contribution in [1.29, 1.82) is 0 Å². The molecule has 2 heterocycles. The van der Waals surface area contributed by atoms with Crippen LogP contribution in [-0.4, -0.2) is 55.1 Å². The van der Waals surface area contributed by atoms with Crippen molar-refractivity contribution in [3.63, 3.8) is 0 Å². The molecular formula is C10H16N4O2S. The summed E-state index contributed by atoms with van der Waals surface area (Å²) in [5, 5.41) is 0. The summed E-state index contributed by atoms with van der Waals surface area (Å²) in [6.07, 6.45) is 2.97. The monoisotopic (exact) mass is 256 g/mol. The fourth-order valence-corrected chi connectivity index (χ4v) is 2.70. The number of sulfonamides is 1. The number of anilines is 1. The van der Waals surface area contributed by atoms with Crippen molar-refractivity contribution in [3.05, 3.63) is 18.1 Å². The van der Waals surface area contributed by atoms with Gasteiger partial charge in [0.1, 0.15) is 11.6 Å². The number of aromatic nitrogens is 2. The van der Waals surface area contributed by atoms with Crippen LogP contribution in [0.25, 0.3) is 0 Å². The highest BCUT2D eigenvalue weighted by Crippen LogP contribution is 2.14. The summed E-state index contributed by atoms with van der Waals surface area (Å²) in [5.74, 6) is 1.60. The summed E-state index contributed by atoms with van der Waals surface area (Å²) in [6, 6.07) is 1.85. The highest BCUT2D eigenvalue weighted by Gasteiger charge is 2.23. The van der Waals surface area contributed by atoms with Crippen LogP contribution in [0.1, 0.15) is 5.82 Å².